The van der Waals surface area contributed by atoms with Crippen LogP contribution in [0.15, 0.2) is 35.6 Å². The fourth-order valence-corrected chi connectivity index (χ4v) is 3.19. The summed E-state index contributed by atoms with van der Waals surface area (Å²) in [6.45, 7) is 3.24. The molecule has 0 bridgehead atoms. The lowest BCUT2D eigenvalue weighted by Crippen LogP contribution is -2.60. The van der Waals surface area contributed by atoms with Crippen LogP contribution in [-0.2, 0) is 4.74 Å². The van der Waals surface area contributed by atoms with Crippen LogP contribution in [0.2, 0.25) is 0 Å². The third-order valence-corrected chi connectivity index (χ3v) is 4.31. The molecule has 2 aliphatic rings. The Morgan fingerprint density at radius 3 is 2.40 bits per heavy atom. The number of alkyl halides is 2. The SMILES string of the molecule is C\C=C(/C=C\C(=C/C)OC(F)F)CC1CC2(CNC2)C1. The largest absolute Gasteiger partial charge is 0.435 e. The summed E-state index contributed by atoms with van der Waals surface area (Å²) in [5, 5.41) is 3.33. The van der Waals surface area contributed by atoms with Crippen molar-refractivity contribution in [2.75, 3.05) is 13.1 Å². The minimum Gasteiger partial charge on any atom is -0.435 e. The van der Waals surface area contributed by atoms with Crippen molar-refractivity contribution in [1.82, 2.24) is 5.32 Å². The zero-order valence-corrected chi connectivity index (χ0v) is 12.2. The molecule has 1 aliphatic carbocycles. The molecule has 0 aromatic rings. The van der Waals surface area contributed by atoms with Gasteiger partial charge >= 0.3 is 6.61 Å². The predicted molar refractivity (Wildman–Crippen MR) is 76.4 cm³/mol. The van der Waals surface area contributed by atoms with Gasteiger partial charge in [-0.3, -0.25) is 0 Å². The Morgan fingerprint density at radius 2 is 1.95 bits per heavy atom. The standard InChI is InChI=1S/C16H23F2NO/c1-3-12(5-6-14(4-2)20-15(17)18)7-13-8-16(9-13)10-19-11-16/h3-6,13,15,19H,7-11H2,1-2H3/b6-5-,12-3+,14-4+. The van der Waals surface area contributed by atoms with Gasteiger partial charge in [-0.05, 0) is 56.6 Å². The topological polar surface area (TPSA) is 21.3 Å². The summed E-state index contributed by atoms with van der Waals surface area (Å²) in [4.78, 5) is 0. The van der Waals surface area contributed by atoms with E-state index < -0.39 is 6.61 Å². The number of rotatable bonds is 6. The highest BCUT2D eigenvalue weighted by molar-refractivity contribution is 5.25. The zero-order chi connectivity index (χ0) is 14.6. The Morgan fingerprint density at radius 1 is 1.25 bits per heavy atom. The Bertz CT molecular complexity index is 414. The van der Waals surface area contributed by atoms with Gasteiger partial charge in [0.15, 0.2) is 0 Å². The maximum Gasteiger partial charge on any atom is 0.387 e. The van der Waals surface area contributed by atoms with Gasteiger partial charge in [0, 0.05) is 13.1 Å². The van der Waals surface area contributed by atoms with E-state index in [0.29, 0.717) is 5.41 Å². The summed E-state index contributed by atoms with van der Waals surface area (Å²) in [5.41, 5.74) is 1.77. The van der Waals surface area contributed by atoms with Crippen LogP contribution < -0.4 is 5.32 Å². The van der Waals surface area contributed by atoms with Crippen LogP contribution in [0, 0.1) is 11.3 Å². The first-order chi connectivity index (χ1) is 9.57. The van der Waals surface area contributed by atoms with Gasteiger partial charge in [-0.1, -0.05) is 17.7 Å². The fourth-order valence-electron chi connectivity index (χ4n) is 3.19. The Labute approximate surface area is 119 Å². The smallest absolute Gasteiger partial charge is 0.387 e. The average Bonchev–Trinajstić information content (AvgIpc) is 2.32. The lowest BCUT2D eigenvalue weighted by Gasteiger charge is -2.54. The highest BCUT2D eigenvalue weighted by Crippen LogP contribution is 2.50. The molecule has 1 spiro atoms. The molecule has 2 rings (SSSR count). The maximum atomic E-state index is 12.2. The van der Waals surface area contributed by atoms with E-state index in [9.17, 15) is 8.78 Å². The van der Waals surface area contributed by atoms with Crippen LogP contribution in [0.1, 0.15) is 33.1 Å². The van der Waals surface area contributed by atoms with E-state index in [1.807, 2.05) is 13.0 Å². The molecule has 0 atom stereocenters. The molecular weight excluding hydrogens is 260 g/mol. The van der Waals surface area contributed by atoms with Gasteiger partial charge in [0.2, 0.25) is 0 Å². The predicted octanol–water partition coefficient (Wildman–Crippen LogP) is 4.02. The van der Waals surface area contributed by atoms with Crippen molar-refractivity contribution in [3.63, 3.8) is 0 Å². The lowest BCUT2D eigenvalue weighted by atomic mass is 9.57. The van der Waals surface area contributed by atoms with E-state index in [1.165, 1.54) is 18.4 Å². The van der Waals surface area contributed by atoms with E-state index >= 15 is 0 Å². The molecule has 0 radical (unpaired) electrons. The second-order valence-electron chi connectivity index (χ2n) is 5.85. The third-order valence-electron chi connectivity index (χ3n) is 4.31. The molecule has 4 heteroatoms. The van der Waals surface area contributed by atoms with Crippen molar-refractivity contribution < 1.29 is 13.5 Å². The van der Waals surface area contributed by atoms with E-state index in [4.69, 9.17) is 0 Å². The maximum absolute atomic E-state index is 12.2. The van der Waals surface area contributed by atoms with Gasteiger partial charge in [-0.2, -0.15) is 8.78 Å². The van der Waals surface area contributed by atoms with Crippen LogP contribution in [0.25, 0.3) is 0 Å². The number of nitrogens with one attached hydrogen (secondary N) is 1. The van der Waals surface area contributed by atoms with E-state index in [0.717, 1.165) is 25.4 Å². The molecule has 20 heavy (non-hydrogen) atoms. The number of halogens is 2. The van der Waals surface area contributed by atoms with Crippen molar-refractivity contribution in [3.8, 4) is 0 Å². The van der Waals surface area contributed by atoms with Crippen LogP contribution in [0.5, 0.6) is 0 Å². The summed E-state index contributed by atoms with van der Waals surface area (Å²) < 4.78 is 28.7. The summed E-state index contributed by atoms with van der Waals surface area (Å²) in [7, 11) is 0. The molecule has 0 aromatic carbocycles. The first kappa shape index (κ1) is 15.2. The van der Waals surface area contributed by atoms with Crippen molar-refractivity contribution >= 4 is 0 Å². The molecule has 1 N–H and O–H groups in total. The summed E-state index contributed by atoms with van der Waals surface area (Å²) >= 11 is 0. The van der Waals surface area contributed by atoms with Crippen molar-refractivity contribution in [3.05, 3.63) is 35.6 Å². The first-order valence-corrected chi connectivity index (χ1v) is 7.22. The van der Waals surface area contributed by atoms with Gasteiger partial charge in [0.25, 0.3) is 0 Å². The number of ether oxygens (including phenoxy) is 1. The van der Waals surface area contributed by atoms with Crippen molar-refractivity contribution in [1.29, 1.82) is 0 Å². The molecule has 1 aliphatic heterocycles. The molecule has 0 unspecified atom stereocenters. The summed E-state index contributed by atoms with van der Waals surface area (Å²) in [6, 6.07) is 0. The summed E-state index contributed by atoms with van der Waals surface area (Å²) in [6.07, 6.45) is 10.7. The molecule has 1 heterocycles. The molecule has 1 saturated heterocycles. The van der Waals surface area contributed by atoms with Gasteiger partial charge in [0.05, 0.1) is 0 Å². The normalized spacial score (nSPS) is 23.2. The minimum absolute atomic E-state index is 0.215. The molecule has 0 amide bonds. The van der Waals surface area contributed by atoms with E-state index in [2.05, 4.69) is 16.1 Å². The Kier molecular flexibility index (Phi) is 4.97. The Balaban J connectivity index is 1.80. The molecule has 2 nitrogen and oxygen atoms in total. The number of hydrogen-bond acceptors (Lipinski definition) is 2. The van der Waals surface area contributed by atoms with E-state index in [1.54, 1.807) is 19.1 Å². The first-order valence-electron chi connectivity index (χ1n) is 7.22. The van der Waals surface area contributed by atoms with Crippen LogP contribution in [0.4, 0.5) is 8.78 Å². The third kappa shape index (κ3) is 3.69. The second-order valence-corrected chi connectivity index (χ2v) is 5.85. The summed E-state index contributed by atoms with van der Waals surface area (Å²) in [5.74, 6) is 0.950. The molecule has 2 fully saturated rings. The van der Waals surface area contributed by atoms with E-state index in [-0.39, 0.29) is 5.76 Å². The van der Waals surface area contributed by atoms with Gasteiger partial charge in [0.1, 0.15) is 5.76 Å². The quantitative estimate of drug-likeness (QED) is 0.587. The van der Waals surface area contributed by atoms with Gasteiger partial charge < -0.3 is 10.1 Å². The van der Waals surface area contributed by atoms with Crippen LogP contribution in [-0.4, -0.2) is 19.7 Å². The molecule has 112 valence electrons. The minimum atomic E-state index is -2.77. The highest BCUT2D eigenvalue weighted by Gasteiger charge is 2.47. The molecular formula is C16H23F2NO. The van der Waals surface area contributed by atoms with Crippen LogP contribution >= 0.6 is 0 Å². The average molecular weight is 283 g/mol. The van der Waals surface area contributed by atoms with Crippen molar-refractivity contribution in [2.45, 2.75) is 39.7 Å². The molecule has 0 aromatic heterocycles. The molecule has 1 saturated carbocycles. The zero-order valence-electron chi connectivity index (χ0n) is 12.2. The van der Waals surface area contributed by atoms with Gasteiger partial charge in [-0.15, -0.1) is 0 Å². The Hall–Kier alpha value is -1.16. The monoisotopic (exact) mass is 283 g/mol. The number of hydrogen-bond donors (Lipinski definition) is 1. The lowest BCUT2D eigenvalue weighted by molar-refractivity contribution is -0.0921. The van der Waals surface area contributed by atoms with Crippen molar-refractivity contribution in [2.24, 2.45) is 11.3 Å². The number of allylic oxidation sites excluding steroid dienone is 5. The second kappa shape index (κ2) is 6.53. The fraction of sp³-hybridized carbons (Fsp3) is 0.625. The highest BCUT2D eigenvalue weighted by atomic mass is 19.3. The van der Waals surface area contributed by atoms with Crippen LogP contribution in [0.3, 0.4) is 0 Å². The van der Waals surface area contributed by atoms with Gasteiger partial charge in [-0.25, -0.2) is 0 Å².